The molecule has 0 amide bonds. The van der Waals surface area contributed by atoms with Gasteiger partial charge in [-0.2, -0.15) is 11.8 Å². The van der Waals surface area contributed by atoms with Crippen LogP contribution in [-0.4, -0.2) is 26.0 Å². The Labute approximate surface area is 106 Å². The number of benzene rings is 1. The molecule has 4 heteroatoms. The van der Waals surface area contributed by atoms with E-state index < -0.39 is 0 Å². The monoisotopic (exact) mass is 257 g/mol. The number of aryl methyl sites for hydroxylation is 1. The summed E-state index contributed by atoms with van der Waals surface area (Å²) >= 11 is 8.16. The Morgan fingerprint density at radius 3 is 2.94 bits per heavy atom. The van der Waals surface area contributed by atoms with Crippen LogP contribution < -0.4 is 10.1 Å². The van der Waals surface area contributed by atoms with Gasteiger partial charge in [0.05, 0.1) is 12.1 Å². The minimum atomic E-state index is 0.511. The number of rotatable bonds is 2. The number of nitrogens with one attached hydrogen (secondary N) is 1. The third-order valence-corrected chi connectivity index (χ3v) is 4.37. The number of hydrogen-bond donors (Lipinski definition) is 1. The molecule has 0 spiro atoms. The largest absolute Gasteiger partial charge is 0.495 e. The lowest BCUT2D eigenvalue weighted by molar-refractivity contribution is 0.414. The first kappa shape index (κ1) is 12.1. The highest BCUT2D eigenvalue weighted by atomic mass is 35.5. The van der Waals surface area contributed by atoms with Crippen molar-refractivity contribution in [2.45, 2.75) is 12.2 Å². The second-order valence-electron chi connectivity index (χ2n) is 3.91. The van der Waals surface area contributed by atoms with Gasteiger partial charge in [-0.25, -0.2) is 0 Å². The maximum absolute atomic E-state index is 6.17. The molecule has 0 radical (unpaired) electrons. The smallest absolute Gasteiger partial charge is 0.137 e. The Morgan fingerprint density at radius 2 is 2.31 bits per heavy atom. The van der Waals surface area contributed by atoms with Gasteiger partial charge in [-0.05, 0) is 30.2 Å². The fourth-order valence-electron chi connectivity index (χ4n) is 1.94. The minimum Gasteiger partial charge on any atom is -0.495 e. The van der Waals surface area contributed by atoms with E-state index in [-0.39, 0.29) is 0 Å². The van der Waals surface area contributed by atoms with E-state index in [0.29, 0.717) is 10.3 Å². The molecule has 1 atom stereocenters. The fourth-order valence-corrected chi connectivity index (χ4v) is 3.40. The van der Waals surface area contributed by atoms with Crippen LogP contribution >= 0.6 is 23.4 Å². The van der Waals surface area contributed by atoms with E-state index in [0.717, 1.165) is 24.6 Å². The molecule has 0 saturated carbocycles. The molecule has 1 N–H and O–H groups in total. The molecule has 1 aliphatic rings. The summed E-state index contributed by atoms with van der Waals surface area (Å²) in [5, 5.41) is 4.63. The molecule has 1 heterocycles. The first-order valence-corrected chi connectivity index (χ1v) is 6.81. The van der Waals surface area contributed by atoms with Gasteiger partial charge in [-0.15, -0.1) is 0 Å². The molecule has 2 nitrogen and oxygen atoms in total. The highest BCUT2D eigenvalue weighted by Gasteiger charge is 2.19. The molecular formula is C12H16ClNOS. The summed E-state index contributed by atoms with van der Waals surface area (Å²) in [5.74, 6) is 1.92. The van der Waals surface area contributed by atoms with Crippen molar-refractivity contribution in [3.8, 4) is 5.75 Å². The lowest BCUT2D eigenvalue weighted by atomic mass is 10.0. The van der Waals surface area contributed by atoms with Crippen LogP contribution in [-0.2, 0) is 0 Å². The van der Waals surface area contributed by atoms with E-state index >= 15 is 0 Å². The number of thioether (sulfide) groups is 1. The van der Waals surface area contributed by atoms with Crippen LogP contribution in [0.5, 0.6) is 5.75 Å². The molecule has 1 saturated heterocycles. The van der Waals surface area contributed by atoms with Crippen LogP contribution in [0.2, 0.25) is 5.02 Å². The zero-order valence-corrected chi connectivity index (χ0v) is 11.1. The Hall–Kier alpha value is -0.380. The lowest BCUT2D eigenvalue weighted by Gasteiger charge is -2.24. The van der Waals surface area contributed by atoms with Crippen molar-refractivity contribution in [3.63, 3.8) is 0 Å². The van der Waals surface area contributed by atoms with Crippen LogP contribution in [0.25, 0.3) is 0 Å². The molecule has 16 heavy (non-hydrogen) atoms. The molecule has 1 unspecified atom stereocenters. The number of hydrogen-bond acceptors (Lipinski definition) is 3. The molecule has 0 aromatic heterocycles. The van der Waals surface area contributed by atoms with Crippen molar-refractivity contribution in [1.82, 2.24) is 5.32 Å². The fraction of sp³-hybridized carbons (Fsp3) is 0.500. The summed E-state index contributed by atoms with van der Waals surface area (Å²) < 4.78 is 5.21. The van der Waals surface area contributed by atoms with Gasteiger partial charge in [-0.1, -0.05) is 11.6 Å². The molecule has 1 aromatic carbocycles. The van der Waals surface area contributed by atoms with Crippen molar-refractivity contribution in [1.29, 1.82) is 0 Å². The summed E-state index contributed by atoms with van der Waals surface area (Å²) in [7, 11) is 1.65. The third-order valence-electron chi connectivity index (χ3n) is 2.81. The molecule has 88 valence electrons. The van der Waals surface area contributed by atoms with Gasteiger partial charge in [0.1, 0.15) is 5.75 Å². The van der Waals surface area contributed by atoms with Gasteiger partial charge < -0.3 is 10.1 Å². The number of ether oxygens (including phenoxy) is 1. The predicted molar refractivity (Wildman–Crippen MR) is 70.8 cm³/mol. The van der Waals surface area contributed by atoms with Crippen molar-refractivity contribution in [2.24, 2.45) is 0 Å². The summed E-state index contributed by atoms with van der Waals surface area (Å²) in [4.78, 5) is 0. The average Bonchev–Trinajstić information content (AvgIpc) is 2.32. The highest BCUT2D eigenvalue weighted by Crippen LogP contribution is 2.37. The Kier molecular flexibility index (Phi) is 4.00. The van der Waals surface area contributed by atoms with E-state index in [2.05, 4.69) is 12.2 Å². The maximum atomic E-state index is 6.17. The quantitative estimate of drug-likeness (QED) is 0.880. The Morgan fingerprint density at radius 1 is 1.50 bits per heavy atom. The van der Waals surface area contributed by atoms with Gasteiger partial charge in [-0.3, -0.25) is 0 Å². The Balaban J connectivity index is 2.29. The van der Waals surface area contributed by atoms with Crippen LogP contribution in [0.4, 0.5) is 0 Å². The normalized spacial score (nSPS) is 20.8. The molecule has 2 rings (SSSR count). The SMILES string of the molecule is COc1cc(C)c(C2CNCCS2)cc1Cl. The van der Waals surface area contributed by atoms with E-state index in [9.17, 15) is 0 Å². The standard InChI is InChI=1S/C12H16ClNOS/c1-8-5-11(15-2)10(13)6-9(8)12-7-14-3-4-16-12/h5-6,12,14H,3-4,7H2,1-2H3. The number of methoxy groups -OCH3 is 1. The second kappa shape index (κ2) is 5.30. The molecule has 1 aliphatic heterocycles. The maximum Gasteiger partial charge on any atom is 0.137 e. The summed E-state index contributed by atoms with van der Waals surface area (Å²) in [6.07, 6.45) is 0. The first-order valence-electron chi connectivity index (χ1n) is 5.38. The molecule has 0 aliphatic carbocycles. The topological polar surface area (TPSA) is 21.3 Å². The van der Waals surface area contributed by atoms with Crippen molar-refractivity contribution >= 4 is 23.4 Å². The van der Waals surface area contributed by atoms with E-state index in [1.54, 1.807) is 7.11 Å². The first-order chi connectivity index (χ1) is 7.72. The molecule has 1 aromatic rings. The van der Waals surface area contributed by atoms with E-state index in [1.165, 1.54) is 11.1 Å². The zero-order chi connectivity index (χ0) is 11.5. The molecule has 0 bridgehead atoms. The second-order valence-corrected chi connectivity index (χ2v) is 5.62. The number of halogens is 1. The van der Waals surface area contributed by atoms with Gasteiger partial charge >= 0.3 is 0 Å². The van der Waals surface area contributed by atoms with Crippen LogP contribution in [0.1, 0.15) is 16.4 Å². The van der Waals surface area contributed by atoms with Crippen molar-refractivity contribution in [3.05, 3.63) is 28.3 Å². The van der Waals surface area contributed by atoms with Crippen molar-refractivity contribution in [2.75, 3.05) is 26.0 Å². The predicted octanol–water partition coefficient (Wildman–Crippen LogP) is 3.03. The van der Waals surface area contributed by atoms with Crippen LogP contribution in [0.3, 0.4) is 0 Å². The van der Waals surface area contributed by atoms with Crippen LogP contribution in [0.15, 0.2) is 12.1 Å². The lowest BCUT2D eigenvalue weighted by Crippen LogP contribution is -2.28. The third kappa shape index (κ3) is 2.47. The summed E-state index contributed by atoms with van der Waals surface area (Å²) in [6.45, 7) is 4.24. The zero-order valence-electron chi connectivity index (χ0n) is 9.55. The highest BCUT2D eigenvalue weighted by molar-refractivity contribution is 7.99. The summed E-state index contributed by atoms with van der Waals surface area (Å²) in [6, 6.07) is 4.06. The molecule has 1 fully saturated rings. The Bertz CT molecular complexity index is 378. The van der Waals surface area contributed by atoms with E-state index in [4.69, 9.17) is 16.3 Å². The average molecular weight is 258 g/mol. The minimum absolute atomic E-state index is 0.511. The van der Waals surface area contributed by atoms with Gasteiger partial charge in [0.25, 0.3) is 0 Å². The van der Waals surface area contributed by atoms with Gasteiger partial charge in [0.2, 0.25) is 0 Å². The van der Waals surface area contributed by atoms with Crippen molar-refractivity contribution < 1.29 is 4.74 Å². The van der Waals surface area contributed by atoms with Gasteiger partial charge in [0, 0.05) is 24.1 Å². The van der Waals surface area contributed by atoms with Crippen LogP contribution in [0, 0.1) is 6.92 Å². The molecular weight excluding hydrogens is 242 g/mol. The van der Waals surface area contributed by atoms with Gasteiger partial charge in [0.15, 0.2) is 0 Å². The summed E-state index contributed by atoms with van der Waals surface area (Å²) in [5.41, 5.74) is 2.57. The van der Waals surface area contributed by atoms with E-state index in [1.807, 2.05) is 23.9 Å².